The largest absolute Gasteiger partial charge is 0.480 e. The predicted octanol–water partition coefficient (Wildman–Crippen LogP) is 3.00. The number of carbonyl (C=O) groups is 2. The molecule has 0 aliphatic heterocycles. The minimum atomic E-state index is -0.806. The van der Waals surface area contributed by atoms with Gasteiger partial charge in [-0.1, -0.05) is 37.1 Å². The summed E-state index contributed by atoms with van der Waals surface area (Å²) in [5.41, 5.74) is 1.25. The van der Waals surface area contributed by atoms with Crippen molar-refractivity contribution in [2.75, 3.05) is 19.6 Å². The third-order valence-electron chi connectivity index (χ3n) is 6.06. The maximum Gasteiger partial charge on any atom is 0.317 e. The van der Waals surface area contributed by atoms with Crippen LogP contribution in [0.25, 0.3) is 0 Å². The number of nitrogens with zero attached hydrogens (tertiary/aromatic N) is 1. The molecule has 2 aliphatic carbocycles. The monoisotopic (exact) mass is 393 g/mol. The van der Waals surface area contributed by atoms with Crippen molar-refractivity contribution in [3.8, 4) is 0 Å². The lowest BCUT2D eigenvalue weighted by Gasteiger charge is -2.44. The van der Waals surface area contributed by atoms with Gasteiger partial charge in [-0.25, -0.2) is 4.79 Å². The van der Waals surface area contributed by atoms with Gasteiger partial charge in [0.1, 0.15) is 0 Å². The molecule has 0 radical (unpaired) electrons. The Balaban J connectivity index is 1.44. The third-order valence-corrected chi connectivity index (χ3v) is 6.32. The van der Waals surface area contributed by atoms with Crippen LogP contribution in [0.4, 0.5) is 4.79 Å². The Bertz CT molecular complexity index is 670. The van der Waals surface area contributed by atoms with Gasteiger partial charge < -0.3 is 15.7 Å². The van der Waals surface area contributed by atoms with E-state index in [4.69, 9.17) is 16.7 Å². The summed E-state index contributed by atoms with van der Waals surface area (Å²) in [5, 5.41) is 15.7. The highest BCUT2D eigenvalue weighted by molar-refractivity contribution is 6.30. The van der Waals surface area contributed by atoms with Gasteiger partial charge in [0.25, 0.3) is 0 Å². The van der Waals surface area contributed by atoms with Crippen LogP contribution in [0, 0.1) is 0 Å². The number of rotatable bonds is 8. The van der Waals surface area contributed by atoms with E-state index in [1.54, 1.807) is 0 Å². The van der Waals surface area contributed by atoms with Crippen molar-refractivity contribution in [1.29, 1.82) is 0 Å². The molecule has 0 aromatic heterocycles. The molecule has 2 saturated carbocycles. The second-order valence-corrected chi connectivity index (χ2v) is 8.18. The lowest BCUT2D eigenvalue weighted by Crippen LogP contribution is -2.57. The van der Waals surface area contributed by atoms with E-state index < -0.39 is 5.97 Å². The van der Waals surface area contributed by atoms with Crippen LogP contribution in [0.1, 0.15) is 44.6 Å². The maximum absolute atomic E-state index is 12.3. The molecule has 148 valence electrons. The van der Waals surface area contributed by atoms with Crippen LogP contribution in [0.15, 0.2) is 24.3 Å². The molecule has 6 nitrogen and oxygen atoms in total. The number of benzene rings is 1. The summed E-state index contributed by atoms with van der Waals surface area (Å²) >= 11 is 5.99. The Hall–Kier alpha value is -1.79. The molecular weight excluding hydrogens is 366 g/mol. The minimum absolute atomic E-state index is 0.0184. The number of hydrogen-bond acceptors (Lipinski definition) is 3. The van der Waals surface area contributed by atoms with E-state index >= 15 is 0 Å². The molecule has 0 atom stereocenters. The number of likely N-dealkylation sites (N-methyl/N-ethyl adjacent to an activating group) is 1. The van der Waals surface area contributed by atoms with E-state index in [-0.39, 0.29) is 30.1 Å². The van der Waals surface area contributed by atoms with Crippen molar-refractivity contribution in [2.24, 2.45) is 0 Å². The van der Waals surface area contributed by atoms with E-state index in [0.717, 1.165) is 30.7 Å². The normalized spacial score (nSPS) is 23.2. The van der Waals surface area contributed by atoms with Crippen LogP contribution in [-0.2, 0) is 10.2 Å². The van der Waals surface area contributed by atoms with Crippen LogP contribution in [0.2, 0.25) is 5.02 Å². The Labute approximate surface area is 165 Å². The molecular formula is C20H28ClN3O3. The Morgan fingerprint density at radius 1 is 1.26 bits per heavy atom. The minimum Gasteiger partial charge on any atom is -0.480 e. The van der Waals surface area contributed by atoms with Crippen molar-refractivity contribution in [3.63, 3.8) is 0 Å². The summed E-state index contributed by atoms with van der Waals surface area (Å²) in [4.78, 5) is 25.1. The zero-order valence-electron chi connectivity index (χ0n) is 15.7. The second kappa shape index (κ2) is 8.48. The fraction of sp³-hybridized carbons (Fsp3) is 0.600. The number of amides is 2. The Kier molecular flexibility index (Phi) is 6.27. The number of urea groups is 1. The van der Waals surface area contributed by atoms with E-state index in [1.165, 1.54) is 12.0 Å². The van der Waals surface area contributed by atoms with Gasteiger partial charge in [0.2, 0.25) is 0 Å². The highest BCUT2D eigenvalue weighted by Crippen LogP contribution is 2.43. The summed E-state index contributed by atoms with van der Waals surface area (Å²) in [7, 11) is 0. The van der Waals surface area contributed by atoms with E-state index in [9.17, 15) is 9.59 Å². The SMILES string of the molecule is CCN(CC(=O)O)C1CC(NC(=O)NCC2(c3ccc(Cl)cc3)CCC2)C1. The molecule has 0 saturated heterocycles. The van der Waals surface area contributed by atoms with E-state index in [1.807, 2.05) is 24.0 Å². The van der Waals surface area contributed by atoms with Crippen molar-refractivity contribution in [1.82, 2.24) is 15.5 Å². The molecule has 2 aliphatic rings. The van der Waals surface area contributed by atoms with Crippen molar-refractivity contribution in [2.45, 2.75) is 56.5 Å². The average Bonchev–Trinajstić information content (AvgIpc) is 2.56. The summed E-state index contributed by atoms with van der Waals surface area (Å²) < 4.78 is 0. The van der Waals surface area contributed by atoms with Crippen LogP contribution >= 0.6 is 11.6 Å². The molecule has 3 rings (SSSR count). The van der Waals surface area contributed by atoms with E-state index in [0.29, 0.717) is 13.1 Å². The molecule has 0 unspecified atom stereocenters. The van der Waals surface area contributed by atoms with Crippen molar-refractivity contribution in [3.05, 3.63) is 34.9 Å². The zero-order chi connectivity index (χ0) is 19.4. The van der Waals surface area contributed by atoms with Crippen molar-refractivity contribution >= 4 is 23.6 Å². The molecule has 0 bridgehead atoms. The lowest BCUT2D eigenvalue weighted by molar-refractivity contribution is -0.139. The molecule has 3 N–H and O–H groups in total. The molecule has 2 fully saturated rings. The topological polar surface area (TPSA) is 81.7 Å². The zero-order valence-corrected chi connectivity index (χ0v) is 16.5. The number of halogens is 1. The molecule has 0 heterocycles. The molecule has 7 heteroatoms. The number of nitrogens with one attached hydrogen (secondary N) is 2. The highest BCUT2D eigenvalue weighted by Gasteiger charge is 2.39. The first-order chi connectivity index (χ1) is 12.9. The van der Waals surface area contributed by atoms with Crippen LogP contribution in [0.5, 0.6) is 0 Å². The summed E-state index contributed by atoms with van der Waals surface area (Å²) in [6.07, 6.45) is 4.92. The summed E-state index contributed by atoms with van der Waals surface area (Å²) in [6.45, 7) is 3.35. The molecule has 2 amide bonds. The quantitative estimate of drug-likeness (QED) is 0.634. The fourth-order valence-electron chi connectivity index (χ4n) is 4.14. The number of hydrogen-bond donors (Lipinski definition) is 3. The summed E-state index contributed by atoms with van der Waals surface area (Å²) in [6, 6.07) is 8.14. The van der Waals surface area contributed by atoms with Crippen molar-refractivity contribution < 1.29 is 14.7 Å². The van der Waals surface area contributed by atoms with Gasteiger partial charge in [-0.2, -0.15) is 0 Å². The van der Waals surface area contributed by atoms with Gasteiger partial charge in [0.15, 0.2) is 0 Å². The molecule has 1 aromatic carbocycles. The van der Waals surface area contributed by atoms with Gasteiger partial charge in [-0.15, -0.1) is 0 Å². The Morgan fingerprint density at radius 3 is 2.44 bits per heavy atom. The number of carbonyl (C=O) groups excluding carboxylic acids is 1. The molecule has 27 heavy (non-hydrogen) atoms. The fourth-order valence-corrected chi connectivity index (χ4v) is 4.26. The van der Waals surface area contributed by atoms with Gasteiger partial charge >= 0.3 is 12.0 Å². The lowest BCUT2D eigenvalue weighted by atomic mass is 9.64. The average molecular weight is 394 g/mol. The molecule has 0 spiro atoms. The van der Waals surface area contributed by atoms with Gasteiger partial charge in [0.05, 0.1) is 6.54 Å². The first kappa shape index (κ1) is 20.0. The smallest absolute Gasteiger partial charge is 0.317 e. The van der Waals surface area contributed by atoms with Crippen LogP contribution in [0.3, 0.4) is 0 Å². The standard InChI is InChI=1S/C20H28ClN3O3/c1-2-24(12-18(25)26)17-10-16(11-17)23-19(27)22-13-20(8-3-9-20)14-4-6-15(21)7-5-14/h4-7,16-17H,2-3,8-13H2,1H3,(H,25,26)(H2,22,23,27). The molecule has 1 aromatic rings. The number of aliphatic carboxylic acids is 1. The first-order valence-corrected chi connectivity index (χ1v) is 10.1. The second-order valence-electron chi connectivity index (χ2n) is 7.75. The Morgan fingerprint density at radius 2 is 1.93 bits per heavy atom. The van der Waals surface area contributed by atoms with Gasteiger partial charge in [0, 0.05) is 29.1 Å². The van der Waals surface area contributed by atoms with Gasteiger partial charge in [-0.05, 0) is 49.9 Å². The maximum atomic E-state index is 12.3. The predicted molar refractivity (Wildman–Crippen MR) is 105 cm³/mol. The highest BCUT2D eigenvalue weighted by atomic mass is 35.5. The van der Waals surface area contributed by atoms with E-state index in [2.05, 4.69) is 22.8 Å². The van der Waals surface area contributed by atoms with Crippen LogP contribution in [-0.4, -0.2) is 53.7 Å². The van der Waals surface area contributed by atoms with Gasteiger partial charge in [-0.3, -0.25) is 9.69 Å². The number of carboxylic acids is 1. The van der Waals surface area contributed by atoms with Crippen LogP contribution < -0.4 is 10.6 Å². The summed E-state index contributed by atoms with van der Waals surface area (Å²) in [5.74, 6) is -0.806. The number of carboxylic acid groups (broad SMARTS) is 1. The first-order valence-electron chi connectivity index (χ1n) is 9.68. The third kappa shape index (κ3) is 4.74.